The van der Waals surface area contributed by atoms with E-state index in [1.165, 1.54) is 16.7 Å². The molecule has 0 bridgehead atoms. The van der Waals surface area contributed by atoms with Crippen molar-refractivity contribution in [1.82, 2.24) is 4.90 Å². The highest BCUT2D eigenvalue weighted by atomic mass is 127. The molecule has 0 unspecified atom stereocenters. The van der Waals surface area contributed by atoms with Gasteiger partial charge in [-0.05, 0) is 53.6 Å². The Morgan fingerprint density at radius 3 is 2.63 bits per heavy atom. The molecule has 0 radical (unpaired) electrons. The average Bonchev–Trinajstić information content (AvgIpc) is 2.78. The molecule has 0 saturated heterocycles. The summed E-state index contributed by atoms with van der Waals surface area (Å²) in [6.45, 7) is 4.82. The van der Waals surface area contributed by atoms with Crippen LogP contribution in [0.5, 0.6) is 0 Å². The van der Waals surface area contributed by atoms with E-state index in [2.05, 4.69) is 54.6 Å². The third-order valence-corrected chi connectivity index (χ3v) is 4.86. The van der Waals surface area contributed by atoms with Crippen LogP contribution in [0.1, 0.15) is 27.0 Å². The molecular formula is C15H16INOS. The molecule has 0 saturated carbocycles. The maximum Gasteiger partial charge on any atom is 0.254 e. The van der Waals surface area contributed by atoms with E-state index in [0.717, 1.165) is 8.45 Å². The SMILES string of the molecule is Cc1ccc(CN(C)C(=O)c2csc(I)c2)c(C)c1. The largest absolute Gasteiger partial charge is 0.337 e. The van der Waals surface area contributed by atoms with E-state index in [-0.39, 0.29) is 5.91 Å². The molecule has 2 rings (SSSR count). The summed E-state index contributed by atoms with van der Waals surface area (Å²) in [7, 11) is 1.85. The molecule has 0 spiro atoms. The fraction of sp³-hybridized carbons (Fsp3) is 0.267. The molecule has 2 aromatic rings. The summed E-state index contributed by atoms with van der Waals surface area (Å²) < 4.78 is 1.14. The van der Waals surface area contributed by atoms with Gasteiger partial charge in [0, 0.05) is 19.0 Å². The summed E-state index contributed by atoms with van der Waals surface area (Å²) in [6, 6.07) is 8.28. The van der Waals surface area contributed by atoms with Crippen molar-refractivity contribution in [3.63, 3.8) is 0 Å². The minimum absolute atomic E-state index is 0.0825. The lowest BCUT2D eigenvalue weighted by Crippen LogP contribution is -2.26. The van der Waals surface area contributed by atoms with E-state index in [1.54, 1.807) is 16.2 Å². The van der Waals surface area contributed by atoms with E-state index in [0.29, 0.717) is 6.54 Å². The Morgan fingerprint density at radius 2 is 2.05 bits per heavy atom. The van der Waals surface area contributed by atoms with Gasteiger partial charge in [-0.1, -0.05) is 23.8 Å². The first-order chi connectivity index (χ1) is 8.97. The smallest absolute Gasteiger partial charge is 0.254 e. The number of thiophene rings is 1. The molecule has 19 heavy (non-hydrogen) atoms. The van der Waals surface area contributed by atoms with Crippen LogP contribution in [0.25, 0.3) is 0 Å². The highest BCUT2D eigenvalue weighted by molar-refractivity contribution is 14.1. The van der Waals surface area contributed by atoms with Gasteiger partial charge in [-0.15, -0.1) is 11.3 Å². The molecule has 0 atom stereocenters. The maximum atomic E-state index is 12.3. The van der Waals surface area contributed by atoms with Crippen LogP contribution >= 0.6 is 33.9 Å². The van der Waals surface area contributed by atoms with Gasteiger partial charge in [-0.25, -0.2) is 0 Å². The number of nitrogens with zero attached hydrogens (tertiary/aromatic N) is 1. The minimum atomic E-state index is 0.0825. The second-order valence-corrected chi connectivity index (χ2v) is 7.54. The van der Waals surface area contributed by atoms with E-state index in [4.69, 9.17) is 0 Å². The van der Waals surface area contributed by atoms with Crippen LogP contribution in [0.4, 0.5) is 0 Å². The van der Waals surface area contributed by atoms with E-state index >= 15 is 0 Å². The number of rotatable bonds is 3. The summed E-state index contributed by atoms with van der Waals surface area (Å²) in [6.07, 6.45) is 0. The van der Waals surface area contributed by atoms with Crippen molar-refractivity contribution in [2.45, 2.75) is 20.4 Å². The lowest BCUT2D eigenvalue weighted by Gasteiger charge is -2.18. The maximum absolute atomic E-state index is 12.3. The first-order valence-corrected chi connectivity index (χ1v) is 7.99. The Kier molecular flexibility index (Phi) is 4.62. The Balaban J connectivity index is 2.12. The first-order valence-electron chi connectivity index (χ1n) is 6.03. The average molecular weight is 385 g/mol. The van der Waals surface area contributed by atoms with Gasteiger partial charge in [0.25, 0.3) is 5.91 Å². The van der Waals surface area contributed by atoms with Crippen LogP contribution < -0.4 is 0 Å². The minimum Gasteiger partial charge on any atom is -0.337 e. The number of carbonyl (C=O) groups is 1. The Morgan fingerprint density at radius 1 is 1.32 bits per heavy atom. The van der Waals surface area contributed by atoms with Gasteiger partial charge in [0.1, 0.15) is 0 Å². The van der Waals surface area contributed by atoms with E-state index < -0.39 is 0 Å². The van der Waals surface area contributed by atoms with Crippen LogP contribution in [0.2, 0.25) is 0 Å². The van der Waals surface area contributed by atoms with E-state index in [9.17, 15) is 4.79 Å². The molecule has 4 heteroatoms. The van der Waals surface area contributed by atoms with Crippen molar-refractivity contribution in [3.05, 3.63) is 54.8 Å². The Hall–Kier alpha value is -0.880. The molecule has 100 valence electrons. The van der Waals surface area contributed by atoms with Gasteiger partial charge in [-0.2, -0.15) is 0 Å². The van der Waals surface area contributed by atoms with Crippen molar-refractivity contribution >= 4 is 39.8 Å². The third kappa shape index (κ3) is 3.57. The fourth-order valence-electron chi connectivity index (χ4n) is 1.99. The highest BCUT2D eigenvalue weighted by Gasteiger charge is 2.14. The summed E-state index contributed by atoms with van der Waals surface area (Å²) in [5.74, 6) is 0.0825. The van der Waals surface area contributed by atoms with Gasteiger partial charge in [-0.3, -0.25) is 4.79 Å². The summed E-state index contributed by atoms with van der Waals surface area (Å²) in [4.78, 5) is 14.0. The van der Waals surface area contributed by atoms with Gasteiger partial charge in [0.2, 0.25) is 0 Å². The highest BCUT2D eigenvalue weighted by Crippen LogP contribution is 2.19. The van der Waals surface area contributed by atoms with Crippen molar-refractivity contribution in [2.24, 2.45) is 0 Å². The molecule has 0 N–H and O–H groups in total. The molecule has 1 aromatic carbocycles. The van der Waals surface area contributed by atoms with Crippen LogP contribution in [0.15, 0.2) is 29.6 Å². The number of halogens is 1. The summed E-state index contributed by atoms with van der Waals surface area (Å²) in [5, 5.41) is 1.92. The predicted octanol–water partition coefficient (Wildman–Crippen LogP) is 4.24. The lowest BCUT2D eigenvalue weighted by molar-refractivity contribution is 0.0785. The standard InChI is InChI=1S/C15H16INOS/c1-10-4-5-12(11(2)6-10)8-17(3)15(18)13-7-14(16)19-9-13/h4-7,9H,8H2,1-3H3. The normalized spacial score (nSPS) is 10.5. The number of aryl methyl sites for hydroxylation is 2. The molecule has 1 aromatic heterocycles. The number of amides is 1. The number of hydrogen-bond donors (Lipinski definition) is 0. The molecule has 0 aliphatic carbocycles. The topological polar surface area (TPSA) is 20.3 Å². The Labute approximate surface area is 131 Å². The number of hydrogen-bond acceptors (Lipinski definition) is 2. The molecular weight excluding hydrogens is 369 g/mol. The zero-order valence-corrected chi connectivity index (χ0v) is 14.2. The predicted molar refractivity (Wildman–Crippen MR) is 88.7 cm³/mol. The zero-order valence-electron chi connectivity index (χ0n) is 11.2. The van der Waals surface area contributed by atoms with Crippen molar-refractivity contribution in [1.29, 1.82) is 0 Å². The third-order valence-electron chi connectivity index (χ3n) is 3.07. The first kappa shape index (κ1) is 14.5. The van der Waals surface area contributed by atoms with Crippen molar-refractivity contribution in [3.8, 4) is 0 Å². The number of benzene rings is 1. The van der Waals surface area contributed by atoms with Crippen LogP contribution in [0.3, 0.4) is 0 Å². The molecule has 1 heterocycles. The number of carbonyl (C=O) groups excluding carboxylic acids is 1. The Bertz CT molecular complexity index is 606. The van der Waals surface area contributed by atoms with Gasteiger partial charge < -0.3 is 4.90 Å². The second-order valence-electron chi connectivity index (χ2n) is 4.73. The van der Waals surface area contributed by atoms with Crippen molar-refractivity contribution in [2.75, 3.05) is 7.05 Å². The summed E-state index contributed by atoms with van der Waals surface area (Å²) in [5.41, 5.74) is 4.47. The van der Waals surface area contributed by atoms with Crippen molar-refractivity contribution < 1.29 is 4.79 Å². The second kappa shape index (κ2) is 6.05. The van der Waals surface area contributed by atoms with Gasteiger partial charge in [0.15, 0.2) is 0 Å². The summed E-state index contributed by atoms with van der Waals surface area (Å²) >= 11 is 3.84. The van der Waals surface area contributed by atoms with Crippen LogP contribution in [-0.4, -0.2) is 17.9 Å². The molecule has 0 fully saturated rings. The quantitative estimate of drug-likeness (QED) is 0.724. The fourth-order valence-corrected chi connectivity index (χ4v) is 3.31. The lowest BCUT2D eigenvalue weighted by atomic mass is 10.1. The molecule has 1 amide bonds. The molecule has 0 aliphatic heterocycles. The van der Waals surface area contributed by atoms with E-state index in [1.807, 2.05) is 18.5 Å². The van der Waals surface area contributed by atoms with Crippen LogP contribution in [-0.2, 0) is 6.54 Å². The van der Waals surface area contributed by atoms with Gasteiger partial charge >= 0.3 is 0 Å². The molecule has 0 aliphatic rings. The zero-order chi connectivity index (χ0) is 14.0. The van der Waals surface area contributed by atoms with Gasteiger partial charge in [0.05, 0.1) is 8.45 Å². The monoisotopic (exact) mass is 385 g/mol. The van der Waals surface area contributed by atoms with Crippen LogP contribution in [0, 0.1) is 16.7 Å². The molecule has 2 nitrogen and oxygen atoms in total.